The topological polar surface area (TPSA) is 74.3 Å². The molecule has 0 radical (unpaired) electrons. The van der Waals surface area contributed by atoms with E-state index in [-0.39, 0.29) is 5.56 Å². The van der Waals surface area contributed by atoms with E-state index >= 15 is 0 Å². The highest BCUT2D eigenvalue weighted by Gasteiger charge is 2.17. The van der Waals surface area contributed by atoms with Crippen LogP contribution in [0.2, 0.25) is 0 Å². The first-order valence-electron chi connectivity index (χ1n) is 10.1. The zero-order valence-electron chi connectivity index (χ0n) is 17.3. The van der Waals surface area contributed by atoms with Crippen molar-refractivity contribution in [2.24, 2.45) is 0 Å². The second kappa shape index (κ2) is 7.68. The Morgan fingerprint density at radius 2 is 1.74 bits per heavy atom. The molecule has 0 fully saturated rings. The maximum Gasteiger partial charge on any atom is 0.262 e. The molecular formula is C24H21N5O2. The van der Waals surface area contributed by atoms with Crippen molar-refractivity contribution in [1.82, 2.24) is 24.1 Å². The number of pyridine rings is 1. The third kappa shape index (κ3) is 3.44. The Kier molecular flexibility index (Phi) is 4.71. The summed E-state index contributed by atoms with van der Waals surface area (Å²) in [6.07, 6.45) is 2.53. The van der Waals surface area contributed by atoms with Gasteiger partial charge in [-0.15, -0.1) is 5.10 Å². The van der Waals surface area contributed by atoms with Crippen LogP contribution in [0.15, 0.2) is 71.7 Å². The predicted octanol–water partition coefficient (Wildman–Crippen LogP) is 3.67. The van der Waals surface area contributed by atoms with Gasteiger partial charge in [0.15, 0.2) is 0 Å². The smallest absolute Gasteiger partial charge is 0.262 e. The van der Waals surface area contributed by atoms with Crippen LogP contribution in [0.3, 0.4) is 0 Å². The maximum absolute atomic E-state index is 13.5. The lowest BCUT2D eigenvalue weighted by molar-refractivity contribution is 0.414. The summed E-state index contributed by atoms with van der Waals surface area (Å²) in [5, 5.41) is 5.05. The molecule has 3 heterocycles. The van der Waals surface area contributed by atoms with Gasteiger partial charge in [0.25, 0.3) is 11.3 Å². The quantitative estimate of drug-likeness (QED) is 0.441. The molecule has 5 aromatic rings. The number of ether oxygens (including phenoxy) is 1. The van der Waals surface area contributed by atoms with Crippen molar-refractivity contribution in [2.75, 3.05) is 7.11 Å². The van der Waals surface area contributed by atoms with E-state index in [1.165, 1.54) is 0 Å². The molecule has 31 heavy (non-hydrogen) atoms. The number of hydrogen-bond donors (Lipinski definition) is 0. The third-order valence-corrected chi connectivity index (χ3v) is 5.36. The van der Waals surface area contributed by atoms with E-state index in [0.29, 0.717) is 34.7 Å². The van der Waals surface area contributed by atoms with E-state index < -0.39 is 0 Å². The second-order valence-corrected chi connectivity index (χ2v) is 7.37. The van der Waals surface area contributed by atoms with Gasteiger partial charge in [-0.05, 0) is 37.1 Å². The minimum atomic E-state index is -0.0904. The van der Waals surface area contributed by atoms with Gasteiger partial charge in [-0.3, -0.25) is 4.79 Å². The number of nitrogens with zero attached hydrogens (tertiary/aromatic N) is 5. The molecule has 0 bridgehead atoms. The van der Waals surface area contributed by atoms with Crippen LogP contribution in [0.25, 0.3) is 27.9 Å². The first-order valence-corrected chi connectivity index (χ1v) is 10.1. The summed E-state index contributed by atoms with van der Waals surface area (Å²) in [5.41, 5.74) is 3.27. The first kappa shape index (κ1) is 19.0. The van der Waals surface area contributed by atoms with Crippen molar-refractivity contribution in [3.05, 3.63) is 88.6 Å². The minimum Gasteiger partial charge on any atom is -0.497 e. The molecule has 3 aromatic heterocycles. The van der Waals surface area contributed by atoms with Crippen LogP contribution in [0.5, 0.6) is 5.75 Å². The molecule has 0 N–H and O–H groups in total. The molecule has 5 rings (SSSR count). The maximum atomic E-state index is 13.5. The van der Waals surface area contributed by atoms with Crippen LogP contribution >= 0.6 is 0 Å². The van der Waals surface area contributed by atoms with Crippen molar-refractivity contribution in [1.29, 1.82) is 0 Å². The van der Waals surface area contributed by atoms with Crippen LogP contribution in [-0.2, 0) is 13.0 Å². The highest BCUT2D eigenvalue weighted by molar-refractivity contribution is 5.93. The molecule has 0 atom stereocenters. The molecule has 154 valence electrons. The van der Waals surface area contributed by atoms with E-state index in [1.54, 1.807) is 22.4 Å². The zero-order valence-corrected chi connectivity index (χ0v) is 17.3. The molecule has 0 spiro atoms. The van der Waals surface area contributed by atoms with Gasteiger partial charge < -0.3 is 9.30 Å². The lowest BCUT2D eigenvalue weighted by Gasteiger charge is -2.11. The zero-order chi connectivity index (χ0) is 21.4. The van der Waals surface area contributed by atoms with E-state index in [9.17, 15) is 4.79 Å². The summed E-state index contributed by atoms with van der Waals surface area (Å²) in [7, 11) is 1.65. The standard InChI is InChI=1S/C24H21N5O2/c1-16-25-24-26-20-13-15-28(14-12-17-8-10-19(31-2)11-9-17)23(30)21(20)22(29(24)27-16)18-6-4-3-5-7-18/h3-11,13,15H,12,14H2,1-2H3. The van der Waals surface area contributed by atoms with Crippen LogP contribution in [0.4, 0.5) is 0 Å². The normalized spacial score (nSPS) is 11.3. The average molecular weight is 411 g/mol. The molecular weight excluding hydrogens is 390 g/mol. The third-order valence-electron chi connectivity index (χ3n) is 5.36. The van der Waals surface area contributed by atoms with E-state index in [0.717, 1.165) is 23.3 Å². The number of aryl methyl sites for hydroxylation is 3. The van der Waals surface area contributed by atoms with E-state index in [1.807, 2.05) is 67.6 Å². The van der Waals surface area contributed by atoms with Crippen LogP contribution in [0.1, 0.15) is 11.4 Å². The summed E-state index contributed by atoms with van der Waals surface area (Å²) in [5.74, 6) is 1.91. The van der Waals surface area contributed by atoms with Crippen molar-refractivity contribution in [3.63, 3.8) is 0 Å². The summed E-state index contributed by atoms with van der Waals surface area (Å²) in [6, 6.07) is 19.6. The van der Waals surface area contributed by atoms with Gasteiger partial charge in [0.1, 0.15) is 11.6 Å². The van der Waals surface area contributed by atoms with Crippen LogP contribution in [0, 0.1) is 6.92 Å². The SMILES string of the molecule is COc1ccc(CCn2ccc3nc4nc(C)nn4c(-c4ccccc4)c3c2=O)cc1. The highest BCUT2D eigenvalue weighted by Crippen LogP contribution is 2.26. The van der Waals surface area contributed by atoms with Gasteiger partial charge in [0.05, 0.1) is 23.7 Å². The average Bonchev–Trinajstić information content (AvgIpc) is 3.18. The number of fused-ring (bicyclic) bond motifs is 2. The fourth-order valence-electron chi connectivity index (χ4n) is 3.80. The van der Waals surface area contributed by atoms with Gasteiger partial charge in [-0.1, -0.05) is 42.5 Å². The van der Waals surface area contributed by atoms with Crippen molar-refractivity contribution in [3.8, 4) is 17.0 Å². The Hall–Kier alpha value is -4.00. The fourth-order valence-corrected chi connectivity index (χ4v) is 3.80. The molecule has 7 nitrogen and oxygen atoms in total. The Bertz CT molecular complexity index is 1440. The monoisotopic (exact) mass is 411 g/mol. The summed E-state index contributed by atoms with van der Waals surface area (Å²) < 4.78 is 8.62. The fraction of sp³-hybridized carbons (Fsp3) is 0.167. The van der Waals surface area contributed by atoms with Gasteiger partial charge in [-0.25, -0.2) is 4.98 Å². The lowest BCUT2D eigenvalue weighted by Crippen LogP contribution is -2.22. The molecule has 0 aliphatic heterocycles. The van der Waals surface area contributed by atoms with Gasteiger partial charge in [0.2, 0.25) is 0 Å². The number of rotatable bonds is 5. The van der Waals surface area contributed by atoms with Crippen molar-refractivity contribution >= 4 is 16.7 Å². The number of benzene rings is 2. The number of methoxy groups -OCH3 is 1. The summed E-state index contributed by atoms with van der Waals surface area (Å²) in [6.45, 7) is 2.38. The largest absolute Gasteiger partial charge is 0.497 e. The molecule has 7 heteroatoms. The summed E-state index contributed by atoms with van der Waals surface area (Å²) in [4.78, 5) is 22.5. The second-order valence-electron chi connectivity index (χ2n) is 7.37. The molecule has 0 saturated carbocycles. The highest BCUT2D eigenvalue weighted by atomic mass is 16.5. The molecule has 0 aliphatic rings. The van der Waals surface area contributed by atoms with Crippen molar-refractivity contribution in [2.45, 2.75) is 19.9 Å². The first-order chi connectivity index (χ1) is 15.1. The van der Waals surface area contributed by atoms with Gasteiger partial charge >= 0.3 is 0 Å². The lowest BCUT2D eigenvalue weighted by atomic mass is 10.1. The molecule has 0 aliphatic carbocycles. The Morgan fingerprint density at radius 3 is 2.48 bits per heavy atom. The molecule has 0 saturated heterocycles. The number of aromatic nitrogens is 5. The van der Waals surface area contributed by atoms with Crippen molar-refractivity contribution < 1.29 is 4.74 Å². The van der Waals surface area contributed by atoms with Gasteiger partial charge in [-0.2, -0.15) is 9.50 Å². The predicted molar refractivity (Wildman–Crippen MR) is 119 cm³/mol. The molecule has 0 amide bonds. The minimum absolute atomic E-state index is 0.0904. The Labute approximate surface area is 178 Å². The Balaban J connectivity index is 1.64. The number of hydrogen-bond acceptors (Lipinski definition) is 5. The van der Waals surface area contributed by atoms with Gasteiger partial charge in [0, 0.05) is 18.3 Å². The molecule has 2 aromatic carbocycles. The van der Waals surface area contributed by atoms with E-state index in [4.69, 9.17) is 4.74 Å². The Morgan fingerprint density at radius 1 is 0.968 bits per heavy atom. The van der Waals surface area contributed by atoms with E-state index in [2.05, 4.69) is 15.1 Å². The van der Waals surface area contributed by atoms with Crippen LogP contribution in [-0.4, -0.2) is 31.3 Å². The molecule has 0 unspecified atom stereocenters. The summed E-state index contributed by atoms with van der Waals surface area (Å²) >= 11 is 0. The van der Waals surface area contributed by atoms with Crippen LogP contribution < -0.4 is 10.3 Å².